The van der Waals surface area contributed by atoms with E-state index in [1.54, 1.807) is 30.3 Å². The SMILES string of the molecule is CO[C@@H]1O[C@H](COC(C)=O)[C@@H](OC(C)=O)[C@H](OC(C)=O)[C@H]1O[C@@H]1O[C@H](COC(C)=O)[C@@H](OC(C)=O)[C@H](OC(C)=O)[C@H]1OCc1ccccc1. The van der Waals surface area contributed by atoms with Crippen LogP contribution in [0.15, 0.2) is 30.3 Å². The summed E-state index contributed by atoms with van der Waals surface area (Å²) in [6.07, 6.45) is -13.8. The van der Waals surface area contributed by atoms with Gasteiger partial charge in [-0.1, -0.05) is 30.3 Å². The van der Waals surface area contributed by atoms with E-state index in [4.69, 9.17) is 52.1 Å². The lowest BCUT2D eigenvalue weighted by Gasteiger charge is -2.48. The Hall–Kier alpha value is -4.16. The minimum Gasteiger partial charge on any atom is -0.463 e. The Morgan fingerprint density at radius 1 is 0.551 bits per heavy atom. The second-order valence-electron chi connectivity index (χ2n) is 11.1. The van der Waals surface area contributed by atoms with Gasteiger partial charge in [-0.3, -0.25) is 28.8 Å². The van der Waals surface area contributed by atoms with E-state index in [9.17, 15) is 28.8 Å². The Labute approximate surface area is 282 Å². The average molecular weight is 699 g/mol. The molecule has 2 aliphatic heterocycles. The van der Waals surface area contributed by atoms with E-state index in [0.717, 1.165) is 41.5 Å². The van der Waals surface area contributed by atoms with E-state index in [-0.39, 0.29) is 6.61 Å². The Balaban J connectivity index is 2.11. The molecule has 2 saturated heterocycles. The molecule has 1 aromatic carbocycles. The lowest BCUT2D eigenvalue weighted by Crippen LogP contribution is -2.67. The maximum atomic E-state index is 12.4. The number of hydrogen-bond acceptors (Lipinski definition) is 17. The van der Waals surface area contributed by atoms with Crippen molar-refractivity contribution in [3.05, 3.63) is 35.9 Å². The number of methoxy groups -OCH3 is 1. The largest absolute Gasteiger partial charge is 0.463 e. The molecule has 0 bridgehead atoms. The molecule has 0 spiro atoms. The fourth-order valence-corrected chi connectivity index (χ4v) is 5.28. The summed E-state index contributed by atoms with van der Waals surface area (Å²) >= 11 is 0. The first-order valence-corrected chi connectivity index (χ1v) is 15.3. The smallest absolute Gasteiger partial charge is 0.303 e. The summed E-state index contributed by atoms with van der Waals surface area (Å²) in [5.41, 5.74) is 0.700. The molecule has 2 heterocycles. The predicted octanol–water partition coefficient (Wildman–Crippen LogP) is 0.906. The van der Waals surface area contributed by atoms with Gasteiger partial charge in [0.1, 0.15) is 31.5 Å². The quantitative estimate of drug-likeness (QED) is 0.196. The molecular weight excluding hydrogens is 656 g/mol. The van der Waals surface area contributed by atoms with Crippen molar-refractivity contribution in [1.82, 2.24) is 0 Å². The van der Waals surface area contributed by atoms with Gasteiger partial charge in [0, 0.05) is 48.7 Å². The predicted molar refractivity (Wildman–Crippen MR) is 160 cm³/mol. The first-order valence-electron chi connectivity index (χ1n) is 15.3. The van der Waals surface area contributed by atoms with Gasteiger partial charge < -0.3 is 52.1 Å². The molecule has 2 aliphatic rings. The molecule has 3 rings (SSSR count). The number of rotatable bonds is 14. The Bertz CT molecular complexity index is 1300. The molecule has 0 N–H and O–H groups in total. The fourth-order valence-electron chi connectivity index (χ4n) is 5.28. The number of benzene rings is 1. The molecule has 0 radical (unpaired) electrons. The molecule has 0 aliphatic carbocycles. The number of esters is 6. The van der Waals surface area contributed by atoms with Crippen LogP contribution in [0.5, 0.6) is 0 Å². The van der Waals surface area contributed by atoms with Gasteiger partial charge in [0.05, 0.1) is 6.61 Å². The minimum atomic E-state index is -1.56. The molecule has 17 nitrogen and oxygen atoms in total. The van der Waals surface area contributed by atoms with Gasteiger partial charge in [0.2, 0.25) is 0 Å². The van der Waals surface area contributed by atoms with Crippen LogP contribution in [0.3, 0.4) is 0 Å². The van der Waals surface area contributed by atoms with Crippen molar-refractivity contribution in [1.29, 1.82) is 0 Å². The van der Waals surface area contributed by atoms with E-state index >= 15 is 0 Å². The summed E-state index contributed by atoms with van der Waals surface area (Å²) in [4.78, 5) is 72.7. The first-order chi connectivity index (χ1) is 23.2. The zero-order valence-corrected chi connectivity index (χ0v) is 28.2. The van der Waals surface area contributed by atoms with E-state index in [1.807, 2.05) is 0 Å². The lowest BCUT2D eigenvalue weighted by atomic mass is 9.96. The summed E-state index contributed by atoms with van der Waals surface area (Å²) in [5.74, 6) is -4.48. The highest BCUT2D eigenvalue weighted by atomic mass is 16.8. The van der Waals surface area contributed by atoms with E-state index in [0.29, 0.717) is 5.56 Å². The molecule has 49 heavy (non-hydrogen) atoms. The zero-order chi connectivity index (χ0) is 36.2. The van der Waals surface area contributed by atoms with Crippen molar-refractivity contribution >= 4 is 35.8 Å². The van der Waals surface area contributed by atoms with Crippen molar-refractivity contribution in [3.63, 3.8) is 0 Å². The van der Waals surface area contributed by atoms with Crippen LogP contribution in [-0.4, -0.2) is 118 Å². The fraction of sp³-hybridized carbons (Fsp3) is 0.625. The molecule has 272 valence electrons. The molecule has 2 fully saturated rings. The molecule has 10 atom stereocenters. The molecule has 1 aromatic rings. The van der Waals surface area contributed by atoms with Gasteiger partial charge in [-0.15, -0.1) is 0 Å². The Kier molecular flexibility index (Phi) is 14.9. The zero-order valence-electron chi connectivity index (χ0n) is 28.2. The van der Waals surface area contributed by atoms with Gasteiger partial charge in [0.25, 0.3) is 0 Å². The second kappa shape index (κ2) is 18.6. The normalized spacial score (nSPS) is 29.5. The topological polar surface area (TPSA) is 204 Å². The van der Waals surface area contributed by atoms with Gasteiger partial charge >= 0.3 is 35.8 Å². The van der Waals surface area contributed by atoms with Crippen molar-refractivity contribution in [2.24, 2.45) is 0 Å². The second-order valence-corrected chi connectivity index (χ2v) is 11.1. The highest BCUT2D eigenvalue weighted by Crippen LogP contribution is 2.35. The Morgan fingerprint density at radius 3 is 1.41 bits per heavy atom. The van der Waals surface area contributed by atoms with Crippen LogP contribution >= 0.6 is 0 Å². The molecule has 0 unspecified atom stereocenters. The van der Waals surface area contributed by atoms with Crippen molar-refractivity contribution in [2.75, 3.05) is 20.3 Å². The van der Waals surface area contributed by atoms with Crippen LogP contribution < -0.4 is 0 Å². The number of hydrogen-bond donors (Lipinski definition) is 0. The Morgan fingerprint density at radius 2 is 0.980 bits per heavy atom. The van der Waals surface area contributed by atoms with E-state index in [2.05, 4.69) is 0 Å². The van der Waals surface area contributed by atoms with Crippen molar-refractivity contribution in [3.8, 4) is 0 Å². The molecule has 17 heteroatoms. The van der Waals surface area contributed by atoms with Gasteiger partial charge in [-0.2, -0.15) is 0 Å². The maximum absolute atomic E-state index is 12.4. The van der Waals surface area contributed by atoms with Gasteiger partial charge in [-0.05, 0) is 5.56 Å². The lowest BCUT2D eigenvalue weighted by molar-refractivity contribution is -0.370. The highest BCUT2D eigenvalue weighted by molar-refractivity contribution is 5.68. The maximum Gasteiger partial charge on any atom is 0.303 e. The third-order valence-electron chi connectivity index (χ3n) is 7.10. The summed E-state index contributed by atoms with van der Waals surface area (Å²) < 4.78 is 62.9. The summed E-state index contributed by atoms with van der Waals surface area (Å²) in [5, 5.41) is 0. The molecular formula is C32H42O17. The van der Waals surface area contributed by atoms with Crippen LogP contribution in [0.2, 0.25) is 0 Å². The third kappa shape index (κ3) is 11.7. The van der Waals surface area contributed by atoms with Crippen LogP contribution in [-0.2, 0) is 87.5 Å². The molecule has 0 saturated carbocycles. The van der Waals surface area contributed by atoms with Crippen molar-refractivity contribution < 1.29 is 80.9 Å². The van der Waals surface area contributed by atoms with Crippen LogP contribution in [0, 0.1) is 0 Å². The van der Waals surface area contributed by atoms with E-state index in [1.165, 1.54) is 7.11 Å². The monoisotopic (exact) mass is 698 g/mol. The van der Waals surface area contributed by atoms with Crippen LogP contribution in [0.25, 0.3) is 0 Å². The van der Waals surface area contributed by atoms with E-state index < -0.39 is 110 Å². The van der Waals surface area contributed by atoms with Crippen molar-refractivity contribution in [2.45, 2.75) is 110 Å². The standard InChI is InChI=1S/C32H42O17/c1-16(33)40-14-23-26(44-19(4)36)28(46-21(6)38)30(31(39-7)47-23)49-32-29(42-13-22-11-9-8-10-12-22)27(45-20(5)37)25(43-18(3)35)24(48-32)15-41-17(2)34/h8-12,23-32H,13-15H2,1-7H3/t23-,24-,25-,26-,27+,28+,29-,30-,31-,32+/m1/s1. The summed E-state index contributed by atoms with van der Waals surface area (Å²) in [7, 11) is 1.26. The van der Waals surface area contributed by atoms with Gasteiger partial charge in [0.15, 0.2) is 43.1 Å². The first kappa shape index (κ1) is 39.3. The minimum absolute atomic E-state index is 0.0727. The molecule has 0 amide bonds. The summed E-state index contributed by atoms with van der Waals surface area (Å²) in [6.45, 7) is 5.84. The third-order valence-corrected chi connectivity index (χ3v) is 7.10. The van der Waals surface area contributed by atoms with Crippen LogP contribution in [0.1, 0.15) is 47.1 Å². The number of carbonyl (C=O) groups is 6. The number of carbonyl (C=O) groups excluding carboxylic acids is 6. The average Bonchev–Trinajstić information content (AvgIpc) is 3.01. The van der Waals surface area contributed by atoms with Gasteiger partial charge in [-0.25, -0.2) is 0 Å². The molecule has 0 aromatic heterocycles. The highest BCUT2D eigenvalue weighted by Gasteiger charge is 2.57. The van der Waals surface area contributed by atoms with Crippen LogP contribution in [0.4, 0.5) is 0 Å². The summed E-state index contributed by atoms with van der Waals surface area (Å²) in [6, 6.07) is 8.89. The number of ether oxygens (including phenoxy) is 11.